The highest BCUT2D eigenvalue weighted by Gasteiger charge is 2.48. The van der Waals surface area contributed by atoms with Gasteiger partial charge in [0.15, 0.2) is 11.5 Å². The topological polar surface area (TPSA) is 111 Å². The van der Waals surface area contributed by atoms with Gasteiger partial charge in [0.1, 0.15) is 5.75 Å². The molecule has 2 aliphatic rings. The summed E-state index contributed by atoms with van der Waals surface area (Å²) >= 11 is 0. The number of primary amides is 1. The lowest BCUT2D eigenvalue weighted by atomic mass is 9.81. The maximum atomic E-state index is 14.3. The Bertz CT molecular complexity index is 1100. The van der Waals surface area contributed by atoms with E-state index in [1.165, 1.54) is 5.57 Å². The van der Waals surface area contributed by atoms with Crippen LogP contribution in [-0.2, 0) is 5.41 Å². The number of aliphatic hydroxyl groups is 1. The van der Waals surface area contributed by atoms with Crippen LogP contribution in [0.25, 0.3) is 0 Å². The summed E-state index contributed by atoms with van der Waals surface area (Å²) in [7, 11) is -0.882. The minimum atomic E-state index is -2.45. The van der Waals surface area contributed by atoms with Gasteiger partial charge in [-0.1, -0.05) is 62.3 Å². The second kappa shape index (κ2) is 11.5. The number of hydrogen-bond acceptors (Lipinski definition) is 6. The Morgan fingerprint density at radius 2 is 1.64 bits per heavy atom. The monoisotopic (exact) mass is 560 g/mol. The molecule has 1 saturated carbocycles. The Hall–Kier alpha value is -2.52. The van der Waals surface area contributed by atoms with E-state index in [4.69, 9.17) is 19.6 Å². The third-order valence-electron chi connectivity index (χ3n) is 8.30. The Morgan fingerprint density at radius 1 is 1.08 bits per heavy atom. The zero-order valence-electron chi connectivity index (χ0n) is 25.4. The molecule has 0 spiro atoms. The van der Waals surface area contributed by atoms with Crippen LogP contribution in [0.2, 0.25) is 16.6 Å². The van der Waals surface area contributed by atoms with Gasteiger partial charge in [0.25, 0.3) is 14.2 Å². The molecule has 1 heterocycles. The summed E-state index contributed by atoms with van der Waals surface area (Å²) in [6.45, 7) is 18.9. The van der Waals surface area contributed by atoms with Gasteiger partial charge in [0.05, 0.1) is 25.3 Å². The van der Waals surface area contributed by atoms with Crippen LogP contribution < -0.4 is 19.6 Å². The quantitative estimate of drug-likeness (QED) is 0.316. The molecule has 9 heteroatoms. The van der Waals surface area contributed by atoms with Crippen LogP contribution in [-0.4, -0.2) is 50.1 Å². The van der Waals surface area contributed by atoms with Crippen LogP contribution in [0, 0.1) is 5.92 Å². The van der Waals surface area contributed by atoms with Gasteiger partial charge in [-0.05, 0) is 52.8 Å². The van der Waals surface area contributed by atoms with E-state index in [0.717, 1.165) is 12.8 Å². The number of methoxy groups -OCH3 is 1. The number of hydrogen-bond donors (Lipinski definition) is 2. The van der Waals surface area contributed by atoms with Gasteiger partial charge < -0.3 is 29.6 Å². The van der Waals surface area contributed by atoms with Crippen molar-refractivity contribution >= 4 is 20.3 Å². The summed E-state index contributed by atoms with van der Waals surface area (Å²) in [6.07, 6.45) is 3.68. The van der Waals surface area contributed by atoms with Crippen LogP contribution >= 0.6 is 0 Å². The Balaban J connectivity index is 2.32. The SMILES string of the molecule is COc1c(O[Si](C(C)C)(C(C)C)C(C)C)cc(OC(N)=O)c(C(=O)N2C=C(C3CC3)CC2CO)c1C(C)(C)C. The summed E-state index contributed by atoms with van der Waals surface area (Å²) in [5.41, 5.74) is 7.71. The highest BCUT2D eigenvalue weighted by molar-refractivity contribution is 6.78. The Morgan fingerprint density at radius 3 is 2.05 bits per heavy atom. The second-order valence-electron chi connectivity index (χ2n) is 13.0. The number of amides is 2. The molecule has 0 radical (unpaired) electrons. The molecule has 2 amide bonds. The van der Waals surface area contributed by atoms with Gasteiger partial charge in [0.2, 0.25) is 0 Å². The highest BCUT2D eigenvalue weighted by Crippen LogP contribution is 2.51. The minimum absolute atomic E-state index is 0.0392. The molecule has 1 aromatic rings. The predicted molar refractivity (Wildman–Crippen MR) is 156 cm³/mol. The summed E-state index contributed by atoms with van der Waals surface area (Å²) < 4.78 is 18.6. The van der Waals surface area contributed by atoms with Gasteiger partial charge in [-0.15, -0.1) is 0 Å². The van der Waals surface area contributed by atoms with Crippen molar-refractivity contribution < 1.29 is 28.6 Å². The van der Waals surface area contributed by atoms with Gasteiger partial charge in [-0.25, -0.2) is 4.79 Å². The number of rotatable bonds is 10. The van der Waals surface area contributed by atoms with Crippen molar-refractivity contribution in [3.8, 4) is 17.2 Å². The zero-order chi connectivity index (χ0) is 29.4. The molecule has 3 rings (SSSR count). The van der Waals surface area contributed by atoms with Crippen molar-refractivity contribution in [1.29, 1.82) is 0 Å². The molecule has 1 aromatic carbocycles. The van der Waals surface area contributed by atoms with Gasteiger partial charge in [-0.3, -0.25) is 4.79 Å². The van der Waals surface area contributed by atoms with E-state index in [2.05, 4.69) is 41.5 Å². The van der Waals surface area contributed by atoms with E-state index in [1.807, 2.05) is 27.0 Å². The predicted octanol–water partition coefficient (Wildman–Crippen LogP) is 6.51. The van der Waals surface area contributed by atoms with E-state index >= 15 is 0 Å². The maximum absolute atomic E-state index is 14.3. The average Bonchev–Trinajstić information content (AvgIpc) is 3.58. The molecule has 8 nitrogen and oxygen atoms in total. The smallest absolute Gasteiger partial charge is 0.409 e. The van der Waals surface area contributed by atoms with Crippen molar-refractivity contribution in [3.05, 3.63) is 29.0 Å². The van der Waals surface area contributed by atoms with Gasteiger partial charge in [-0.2, -0.15) is 0 Å². The fraction of sp³-hybridized carbons (Fsp3) is 0.667. The van der Waals surface area contributed by atoms with E-state index in [9.17, 15) is 14.7 Å². The van der Waals surface area contributed by atoms with Crippen LogP contribution in [0.3, 0.4) is 0 Å². The summed E-state index contributed by atoms with van der Waals surface area (Å²) in [4.78, 5) is 28.0. The molecule has 1 aliphatic heterocycles. The standard InChI is InChI=1S/C30H48N2O6Si/c1-17(2)39(18(3)4,19(5)6)38-24-14-23(37-29(31)35)25(26(27(24)36-10)30(7,8)9)28(34)32-15-21(20-11-12-20)13-22(32)16-33/h14-15,17-20,22,33H,11-13,16H2,1-10H3,(H2,31,35). The highest BCUT2D eigenvalue weighted by atomic mass is 28.4. The number of benzene rings is 1. The lowest BCUT2D eigenvalue weighted by Gasteiger charge is -2.43. The number of carbonyl (C=O) groups is 2. The fourth-order valence-electron chi connectivity index (χ4n) is 6.50. The molecule has 3 N–H and O–H groups in total. The first-order valence-corrected chi connectivity index (χ1v) is 16.3. The third kappa shape index (κ3) is 5.99. The molecule has 218 valence electrons. The molecular formula is C30H48N2O6Si. The molecule has 0 saturated heterocycles. The summed E-state index contributed by atoms with van der Waals surface area (Å²) in [6, 6.07) is 1.21. The van der Waals surface area contributed by atoms with Crippen molar-refractivity contribution in [1.82, 2.24) is 4.90 Å². The first kappa shape index (κ1) is 31.0. The van der Waals surface area contributed by atoms with E-state index in [0.29, 0.717) is 29.4 Å². The summed E-state index contributed by atoms with van der Waals surface area (Å²) in [5, 5.41) is 10.2. The van der Waals surface area contributed by atoms with Gasteiger partial charge >= 0.3 is 6.09 Å². The average molecular weight is 561 g/mol. The molecule has 0 bridgehead atoms. The first-order chi connectivity index (χ1) is 18.1. The first-order valence-electron chi connectivity index (χ1n) is 14.2. The second-order valence-corrected chi connectivity index (χ2v) is 18.4. The number of carbonyl (C=O) groups excluding carboxylic acids is 2. The fourth-order valence-corrected chi connectivity index (χ4v) is 11.7. The van der Waals surface area contributed by atoms with E-state index in [-0.39, 0.29) is 46.5 Å². The lowest BCUT2D eigenvalue weighted by molar-refractivity contribution is 0.0726. The Labute approximate surface area is 235 Å². The third-order valence-corrected chi connectivity index (χ3v) is 14.3. The van der Waals surface area contributed by atoms with Crippen LogP contribution in [0.1, 0.15) is 97.5 Å². The number of nitrogens with two attached hydrogens (primary N) is 1. The number of nitrogens with zero attached hydrogens (tertiary/aromatic N) is 1. The van der Waals surface area contributed by atoms with Crippen molar-refractivity contribution in [2.45, 2.75) is 110 Å². The molecular weight excluding hydrogens is 512 g/mol. The maximum Gasteiger partial charge on any atom is 0.409 e. The van der Waals surface area contributed by atoms with Crippen molar-refractivity contribution in [2.24, 2.45) is 11.7 Å². The minimum Gasteiger partial charge on any atom is -0.540 e. The van der Waals surface area contributed by atoms with Crippen LogP contribution in [0.4, 0.5) is 4.79 Å². The lowest BCUT2D eigenvalue weighted by Crippen LogP contribution is -2.50. The molecule has 1 fully saturated rings. The molecule has 1 atom stereocenters. The molecule has 1 unspecified atom stereocenters. The zero-order valence-corrected chi connectivity index (χ0v) is 26.4. The molecule has 39 heavy (non-hydrogen) atoms. The van der Waals surface area contributed by atoms with Crippen molar-refractivity contribution in [2.75, 3.05) is 13.7 Å². The van der Waals surface area contributed by atoms with Crippen molar-refractivity contribution in [3.63, 3.8) is 0 Å². The summed E-state index contributed by atoms with van der Waals surface area (Å²) in [5.74, 6) is 1.04. The van der Waals surface area contributed by atoms with E-state index < -0.39 is 19.8 Å². The van der Waals surface area contributed by atoms with Crippen LogP contribution in [0.5, 0.6) is 17.2 Å². The van der Waals surface area contributed by atoms with Crippen LogP contribution in [0.15, 0.2) is 17.8 Å². The van der Waals surface area contributed by atoms with E-state index in [1.54, 1.807) is 18.1 Å². The number of ether oxygens (including phenoxy) is 2. The van der Waals surface area contributed by atoms with Gasteiger partial charge in [0, 0.05) is 17.8 Å². The number of aliphatic hydroxyl groups excluding tert-OH is 1. The molecule has 1 aliphatic carbocycles. The molecule has 0 aromatic heterocycles. The normalized spacial score (nSPS) is 18.2. The largest absolute Gasteiger partial charge is 0.540 e. The Kier molecular flexibility index (Phi) is 9.17.